The molecule has 4 heteroatoms. The van der Waals surface area contributed by atoms with Crippen molar-refractivity contribution in [2.24, 2.45) is 5.90 Å². The number of allylic oxidation sites excluding steroid dienone is 2. The minimum Gasteiger partial charge on any atom is -0.508 e. The predicted octanol–water partition coefficient (Wildman–Crippen LogP) is 3.04. The van der Waals surface area contributed by atoms with E-state index in [1.54, 1.807) is 48.5 Å². The van der Waals surface area contributed by atoms with Crippen LogP contribution in [0.3, 0.4) is 0 Å². The Morgan fingerprint density at radius 1 is 1.00 bits per heavy atom. The molecule has 4 nitrogen and oxygen atoms in total. The molecule has 2 aromatic rings. The molecule has 2 rings (SSSR count). The zero-order chi connectivity index (χ0) is 14.5. The second-order valence-corrected chi connectivity index (χ2v) is 4.25. The number of phenols is 2. The van der Waals surface area contributed by atoms with Gasteiger partial charge in [0.2, 0.25) is 0 Å². The van der Waals surface area contributed by atoms with E-state index in [1.165, 1.54) is 0 Å². The molecule has 0 atom stereocenters. The van der Waals surface area contributed by atoms with Gasteiger partial charge in [0.05, 0.1) is 0 Å². The zero-order valence-corrected chi connectivity index (χ0v) is 10.8. The highest BCUT2D eigenvalue weighted by Crippen LogP contribution is 2.24. The molecule has 0 aliphatic rings. The summed E-state index contributed by atoms with van der Waals surface area (Å²) in [6.45, 7) is 3.92. The van der Waals surface area contributed by atoms with Crippen LogP contribution in [0.1, 0.15) is 11.1 Å². The quantitative estimate of drug-likeness (QED) is 0.453. The Morgan fingerprint density at radius 3 is 2.30 bits per heavy atom. The first-order valence-electron chi connectivity index (χ1n) is 5.96. The molecule has 0 aliphatic heterocycles. The predicted molar refractivity (Wildman–Crippen MR) is 78.5 cm³/mol. The minimum atomic E-state index is 0.164. The molecule has 0 saturated heterocycles. The lowest BCUT2D eigenvalue weighted by Crippen LogP contribution is -1.99. The standard InChI is InChI=1S/C16H15NO3/c1-11(13-3-2-4-15(19)10-13)9-16(20-17)12-5-7-14(18)8-6-12/h2-10,18-19H,1,17H2/b16-9-. The SMILES string of the molecule is C=C(/C=C(\ON)c1ccc(O)cc1)c1cccc(O)c1. The molecule has 0 amide bonds. The molecular weight excluding hydrogens is 254 g/mol. The maximum atomic E-state index is 9.46. The normalized spacial score (nSPS) is 11.2. The molecule has 0 radical (unpaired) electrons. The summed E-state index contributed by atoms with van der Waals surface area (Å²) in [6, 6.07) is 13.2. The average Bonchev–Trinajstić information content (AvgIpc) is 2.45. The van der Waals surface area contributed by atoms with Crippen LogP contribution in [0.5, 0.6) is 11.5 Å². The van der Waals surface area contributed by atoms with Crippen LogP contribution in [0, 0.1) is 0 Å². The smallest absolute Gasteiger partial charge is 0.154 e. The van der Waals surface area contributed by atoms with Crippen molar-refractivity contribution in [3.8, 4) is 11.5 Å². The lowest BCUT2D eigenvalue weighted by Gasteiger charge is -2.07. The van der Waals surface area contributed by atoms with Gasteiger partial charge in [-0.05, 0) is 53.6 Å². The van der Waals surface area contributed by atoms with E-state index < -0.39 is 0 Å². The van der Waals surface area contributed by atoms with E-state index in [4.69, 9.17) is 10.7 Å². The summed E-state index contributed by atoms with van der Waals surface area (Å²) >= 11 is 0. The summed E-state index contributed by atoms with van der Waals surface area (Å²) in [6.07, 6.45) is 1.67. The Labute approximate surface area is 117 Å². The van der Waals surface area contributed by atoms with Crippen molar-refractivity contribution >= 4 is 11.3 Å². The van der Waals surface area contributed by atoms with Crippen molar-refractivity contribution in [2.75, 3.05) is 0 Å². The van der Waals surface area contributed by atoms with Gasteiger partial charge in [0.25, 0.3) is 0 Å². The van der Waals surface area contributed by atoms with Gasteiger partial charge in [-0.3, -0.25) is 0 Å². The Hall–Kier alpha value is -2.72. The molecule has 2 aromatic carbocycles. The van der Waals surface area contributed by atoms with E-state index in [-0.39, 0.29) is 11.5 Å². The fourth-order valence-electron chi connectivity index (χ4n) is 1.76. The van der Waals surface area contributed by atoms with Crippen LogP contribution >= 0.6 is 0 Å². The summed E-state index contributed by atoms with van der Waals surface area (Å²) in [5.41, 5.74) is 2.12. The summed E-state index contributed by atoms with van der Waals surface area (Å²) in [5.74, 6) is 6.02. The lowest BCUT2D eigenvalue weighted by atomic mass is 10.0. The van der Waals surface area contributed by atoms with E-state index >= 15 is 0 Å². The Kier molecular flexibility index (Phi) is 4.08. The molecule has 0 bridgehead atoms. The van der Waals surface area contributed by atoms with Crippen LogP contribution in [-0.4, -0.2) is 10.2 Å². The Balaban J connectivity index is 2.31. The van der Waals surface area contributed by atoms with Crippen LogP contribution in [0.25, 0.3) is 11.3 Å². The van der Waals surface area contributed by atoms with Gasteiger partial charge in [-0.15, -0.1) is 0 Å². The highest BCUT2D eigenvalue weighted by atomic mass is 16.6. The first kappa shape index (κ1) is 13.7. The Morgan fingerprint density at radius 2 is 1.70 bits per heavy atom. The minimum absolute atomic E-state index is 0.164. The molecular formula is C16H15NO3. The van der Waals surface area contributed by atoms with Gasteiger partial charge in [-0.2, -0.15) is 5.90 Å². The van der Waals surface area contributed by atoms with Crippen molar-refractivity contribution in [3.05, 3.63) is 72.3 Å². The Bertz CT molecular complexity index is 645. The number of hydrogen-bond donors (Lipinski definition) is 3. The molecule has 0 aromatic heterocycles. The summed E-state index contributed by atoms with van der Waals surface area (Å²) < 4.78 is 0. The first-order valence-corrected chi connectivity index (χ1v) is 5.96. The fourth-order valence-corrected chi connectivity index (χ4v) is 1.76. The molecule has 20 heavy (non-hydrogen) atoms. The highest BCUT2D eigenvalue weighted by molar-refractivity contribution is 5.80. The van der Waals surface area contributed by atoms with Crippen molar-refractivity contribution in [3.63, 3.8) is 0 Å². The van der Waals surface area contributed by atoms with Crippen molar-refractivity contribution in [2.45, 2.75) is 0 Å². The number of hydrogen-bond acceptors (Lipinski definition) is 4. The van der Waals surface area contributed by atoms with Crippen LogP contribution in [0.15, 0.2) is 61.2 Å². The van der Waals surface area contributed by atoms with Gasteiger partial charge in [0.1, 0.15) is 11.5 Å². The monoisotopic (exact) mass is 269 g/mol. The molecule has 0 aliphatic carbocycles. The zero-order valence-electron chi connectivity index (χ0n) is 10.8. The van der Waals surface area contributed by atoms with Crippen molar-refractivity contribution < 1.29 is 15.1 Å². The second kappa shape index (κ2) is 5.95. The van der Waals surface area contributed by atoms with E-state index in [2.05, 4.69) is 6.58 Å². The van der Waals surface area contributed by atoms with Gasteiger partial charge in [-0.1, -0.05) is 18.7 Å². The van der Waals surface area contributed by atoms with Gasteiger partial charge in [-0.25, -0.2) is 0 Å². The number of rotatable bonds is 4. The van der Waals surface area contributed by atoms with Crippen LogP contribution in [0.2, 0.25) is 0 Å². The number of aromatic hydroxyl groups is 2. The van der Waals surface area contributed by atoms with Crippen molar-refractivity contribution in [1.82, 2.24) is 0 Å². The third-order valence-electron chi connectivity index (χ3n) is 2.80. The fraction of sp³-hybridized carbons (Fsp3) is 0. The summed E-state index contributed by atoms with van der Waals surface area (Å²) in [5, 5.41) is 18.7. The number of phenolic OH excluding ortho intramolecular Hbond substituents is 2. The molecule has 102 valence electrons. The van der Waals surface area contributed by atoms with E-state index in [0.717, 1.165) is 5.56 Å². The van der Waals surface area contributed by atoms with Crippen LogP contribution in [-0.2, 0) is 4.84 Å². The maximum Gasteiger partial charge on any atom is 0.154 e. The number of benzene rings is 2. The molecule has 0 unspecified atom stereocenters. The molecule has 0 saturated carbocycles. The van der Waals surface area contributed by atoms with Gasteiger partial charge in [0, 0.05) is 5.56 Å². The van der Waals surface area contributed by atoms with Gasteiger partial charge >= 0.3 is 0 Å². The molecule has 0 heterocycles. The summed E-state index contributed by atoms with van der Waals surface area (Å²) in [7, 11) is 0. The lowest BCUT2D eigenvalue weighted by molar-refractivity contribution is 0.291. The van der Waals surface area contributed by atoms with Crippen LogP contribution in [0.4, 0.5) is 0 Å². The average molecular weight is 269 g/mol. The van der Waals surface area contributed by atoms with E-state index in [1.807, 2.05) is 6.07 Å². The summed E-state index contributed by atoms with van der Waals surface area (Å²) in [4.78, 5) is 4.85. The van der Waals surface area contributed by atoms with Gasteiger partial charge in [0.15, 0.2) is 5.76 Å². The van der Waals surface area contributed by atoms with Crippen molar-refractivity contribution in [1.29, 1.82) is 0 Å². The number of nitrogens with two attached hydrogens (primary N) is 1. The highest BCUT2D eigenvalue weighted by Gasteiger charge is 2.05. The van der Waals surface area contributed by atoms with E-state index in [9.17, 15) is 10.2 Å². The molecule has 0 fully saturated rings. The molecule has 0 spiro atoms. The van der Waals surface area contributed by atoms with Crippen LogP contribution < -0.4 is 5.90 Å². The largest absolute Gasteiger partial charge is 0.508 e. The second-order valence-electron chi connectivity index (χ2n) is 4.25. The van der Waals surface area contributed by atoms with E-state index in [0.29, 0.717) is 16.9 Å². The maximum absolute atomic E-state index is 9.46. The first-order chi connectivity index (χ1) is 9.60. The third kappa shape index (κ3) is 3.18. The molecule has 4 N–H and O–H groups in total. The topological polar surface area (TPSA) is 75.7 Å². The third-order valence-corrected chi connectivity index (χ3v) is 2.80. The van der Waals surface area contributed by atoms with Gasteiger partial charge < -0.3 is 15.1 Å².